The van der Waals surface area contributed by atoms with Crippen LogP contribution in [0.5, 0.6) is 0 Å². The van der Waals surface area contributed by atoms with Crippen LogP contribution in [0.1, 0.15) is 19.3 Å². The van der Waals surface area contributed by atoms with E-state index in [9.17, 15) is 4.79 Å². The third-order valence-corrected chi connectivity index (χ3v) is 4.40. The van der Waals surface area contributed by atoms with Crippen molar-refractivity contribution in [2.45, 2.75) is 19.3 Å². The summed E-state index contributed by atoms with van der Waals surface area (Å²) in [6.45, 7) is 7.93. The maximum atomic E-state index is 11.9. The zero-order valence-corrected chi connectivity index (χ0v) is 12.9. The Balaban J connectivity index is 1.55. The Morgan fingerprint density at radius 3 is 2.52 bits per heavy atom. The van der Waals surface area contributed by atoms with Crippen LogP contribution >= 0.6 is 0 Å². The topological polar surface area (TPSA) is 65.0 Å². The number of carbonyl (C=O) groups is 1. The molecule has 1 amide bonds. The van der Waals surface area contributed by atoms with Gasteiger partial charge >= 0.3 is 0 Å². The van der Waals surface area contributed by atoms with Gasteiger partial charge in [-0.15, -0.1) is 0 Å². The van der Waals surface area contributed by atoms with E-state index in [1.807, 2.05) is 0 Å². The van der Waals surface area contributed by atoms with Crippen molar-refractivity contribution in [2.24, 2.45) is 5.92 Å². The first-order valence-corrected chi connectivity index (χ1v) is 8.18. The van der Waals surface area contributed by atoms with E-state index in [1.165, 1.54) is 0 Å². The predicted molar refractivity (Wildman–Crippen MR) is 81.1 cm³/mol. The SMILES string of the molecule is O=C(CN1CCOCC1)NCC1CCN(CCCO)CC1. The summed E-state index contributed by atoms with van der Waals surface area (Å²) >= 11 is 0. The normalized spacial score (nSPS) is 22.3. The van der Waals surface area contributed by atoms with E-state index in [0.717, 1.165) is 71.7 Å². The molecule has 2 aliphatic heterocycles. The monoisotopic (exact) mass is 299 g/mol. The zero-order chi connectivity index (χ0) is 14.9. The number of carbonyl (C=O) groups excluding carboxylic acids is 1. The molecule has 0 aliphatic carbocycles. The van der Waals surface area contributed by atoms with Crippen LogP contribution in [0.3, 0.4) is 0 Å². The summed E-state index contributed by atoms with van der Waals surface area (Å²) in [5, 5.41) is 11.9. The number of morpholine rings is 1. The second-order valence-corrected chi connectivity index (χ2v) is 6.05. The van der Waals surface area contributed by atoms with Gasteiger partial charge in [0.25, 0.3) is 0 Å². The molecule has 0 aromatic heterocycles. The summed E-state index contributed by atoms with van der Waals surface area (Å²) in [5.74, 6) is 0.739. The van der Waals surface area contributed by atoms with Gasteiger partial charge in [0.2, 0.25) is 5.91 Å². The molecular weight excluding hydrogens is 270 g/mol. The van der Waals surface area contributed by atoms with Crippen molar-refractivity contribution >= 4 is 5.91 Å². The maximum absolute atomic E-state index is 11.9. The Morgan fingerprint density at radius 2 is 1.86 bits per heavy atom. The largest absolute Gasteiger partial charge is 0.396 e. The first-order valence-electron chi connectivity index (χ1n) is 8.18. The van der Waals surface area contributed by atoms with Crippen molar-refractivity contribution in [1.82, 2.24) is 15.1 Å². The fraction of sp³-hybridized carbons (Fsp3) is 0.933. The van der Waals surface area contributed by atoms with E-state index in [2.05, 4.69) is 15.1 Å². The minimum Gasteiger partial charge on any atom is -0.396 e. The number of piperidine rings is 1. The van der Waals surface area contributed by atoms with Crippen LogP contribution in [0.4, 0.5) is 0 Å². The zero-order valence-electron chi connectivity index (χ0n) is 12.9. The number of ether oxygens (including phenoxy) is 1. The first kappa shape index (κ1) is 16.7. The molecule has 6 heteroatoms. The van der Waals surface area contributed by atoms with Gasteiger partial charge < -0.3 is 20.1 Å². The lowest BCUT2D eigenvalue weighted by atomic mass is 9.96. The summed E-state index contributed by atoms with van der Waals surface area (Å²) in [6, 6.07) is 0. The minimum atomic E-state index is 0.139. The van der Waals surface area contributed by atoms with Crippen molar-refractivity contribution < 1.29 is 14.6 Å². The maximum Gasteiger partial charge on any atom is 0.234 e. The number of likely N-dealkylation sites (tertiary alicyclic amines) is 1. The molecule has 6 nitrogen and oxygen atoms in total. The Morgan fingerprint density at radius 1 is 1.14 bits per heavy atom. The second kappa shape index (κ2) is 9.35. The smallest absolute Gasteiger partial charge is 0.234 e. The molecule has 2 saturated heterocycles. The van der Waals surface area contributed by atoms with Gasteiger partial charge in [-0.25, -0.2) is 0 Å². The highest BCUT2D eigenvalue weighted by atomic mass is 16.5. The van der Waals surface area contributed by atoms with Gasteiger partial charge in [-0.1, -0.05) is 0 Å². The van der Waals surface area contributed by atoms with Gasteiger partial charge in [-0.3, -0.25) is 9.69 Å². The highest BCUT2D eigenvalue weighted by Gasteiger charge is 2.20. The van der Waals surface area contributed by atoms with Crippen LogP contribution in [0, 0.1) is 5.92 Å². The highest BCUT2D eigenvalue weighted by molar-refractivity contribution is 5.78. The van der Waals surface area contributed by atoms with Crippen LogP contribution in [-0.2, 0) is 9.53 Å². The van der Waals surface area contributed by atoms with Gasteiger partial charge in [0, 0.05) is 32.8 Å². The van der Waals surface area contributed by atoms with E-state index >= 15 is 0 Å². The molecular formula is C15H29N3O3. The average Bonchev–Trinajstić information content (AvgIpc) is 2.53. The fourth-order valence-corrected chi connectivity index (χ4v) is 2.98. The van der Waals surface area contributed by atoms with Crippen LogP contribution in [0.2, 0.25) is 0 Å². The van der Waals surface area contributed by atoms with Crippen molar-refractivity contribution in [2.75, 3.05) is 65.6 Å². The Labute approximate surface area is 127 Å². The molecule has 2 rings (SSSR count). The number of nitrogens with zero attached hydrogens (tertiary/aromatic N) is 2. The molecule has 0 aromatic carbocycles. The molecule has 0 atom stereocenters. The minimum absolute atomic E-state index is 0.139. The van der Waals surface area contributed by atoms with Gasteiger partial charge in [-0.05, 0) is 38.3 Å². The molecule has 0 bridgehead atoms. The summed E-state index contributed by atoms with van der Waals surface area (Å²) in [7, 11) is 0. The van der Waals surface area contributed by atoms with Gasteiger partial charge in [0.15, 0.2) is 0 Å². The fourth-order valence-electron chi connectivity index (χ4n) is 2.98. The van der Waals surface area contributed by atoms with Crippen LogP contribution < -0.4 is 5.32 Å². The van der Waals surface area contributed by atoms with Crippen molar-refractivity contribution in [3.63, 3.8) is 0 Å². The number of aliphatic hydroxyl groups excluding tert-OH is 1. The van der Waals surface area contributed by atoms with Crippen molar-refractivity contribution in [3.05, 3.63) is 0 Å². The quantitative estimate of drug-likeness (QED) is 0.665. The van der Waals surface area contributed by atoms with Gasteiger partial charge in [0.1, 0.15) is 0 Å². The molecule has 0 unspecified atom stereocenters. The van der Waals surface area contributed by atoms with E-state index in [-0.39, 0.29) is 12.5 Å². The number of amides is 1. The average molecular weight is 299 g/mol. The van der Waals surface area contributed by atoms with Gasteiger partial charge in [-0.2, -0.15) is 0 Å². The number of nitrogens with one attached hydrogen (secondary N) is 1. The lowest BCUT2D eigenvalue weighted by Crippen LogP contribution is -2.45. The molecule has 0 radical (unpaired) electrons. The lowest BCUT2D eigenvalue weighted by Gasteiger charge is -2.32. The Kier molecular flexibility index (Phi) is 7.43. The van der Waals surface area contributed by atoms with Crippen LogP contribution in [0.15, 0.2) is 0 Å². The van der Waals surface area contributed by atoms with E-state index in [4.69, 9.17) is 9.84 Å². The third kappa shape index (κ3) is 6.30. The second-order valence-electron chi connectivity index (χ2n) is 6.05. The van der Waals surface area contributed by atoms with E-state index < -0.39 is 0 Å². The Hall–Kier alpha value is -0.690. The standard InChI is InChI=1S/C15H29N3O3/c19-9-1-4-17-5-2-14(3-6-17)12-16-15(20)13-18-7-10-21-11-8-18/h14,19H,1-13H2,(H,16,20). The first-order chi connectivity index (χ1) is 10.3. The lowest BCUT2D eigenvalue weighted by molar-refractivity contribution is -0.123. The molecule has 0 aromatic rings. The van der Waals surface area contributed by atoms with Crippen LogP contribution in [-0.4, -0.2) is 86.4 Å². The third-order valence-electron chi connectivity index (χ3n) is 4.40. The predicted octanol–water partition coefficient (Wildman–Crippen LogP) is -0.471. The molecule has 0 spiro atoms. The van der Waals surface area contributed by atoms with E-state index in [1.54, 1.807) is 0 Å². The van der Waals surface area contributed by atoms with Gasteiger partial charge in [0.05, 0.1) is 19.8 Å². The molecule has 2 aliphatic rings. The molecule has 0 saturated carbocycles. The van der Waals surface area contributed by atoms with Crippen molar-refractivity contribution in [1.29, 1.82) is 0 Å². The molecule has 2 N–H and O–H groups in total. The molecule has 21 heavy (non-hydrogen) atoms. The van der Waals surface area contributed by atoms with Crippen molar-refractivity contribution in [3.8, 4) is 0 Å². The molecule has 122 valence electrons. The number of hydrogen-bond acceptors (Lipinski definition) is 5. The Bertz CT molecular complexity index is 301. The summed E-state index contributed by atoms with van der Waals surface area (Å²) in [6.07, 6.45) is 3.15. The van der Waals surface area contributed by atoms with Crippen LogP contribution in [0.25, 0.3) is 0 Å². The summed E-state index contributed by atoms with van der Waals surface area (Å²) < 4.78 is 5.28. The summed E-state index contributed by atoms with van der Waals surface area (Å²) in [5.41, 5.74) is 0. The molecule has 2 fully saturated rings. The highest BCUT2D eigenvalue weighted by Crippen LogP contribution is 2.16. The number of hydrogen-bond donors (Lipinski definition) is 2. The number of rotatable bonds is 7. The van der Waals surface area contributed by atoms with E-state index in [0.29, 0.717) is 12.5 Å². The summed E-state index contributed by atoms with van der Waals surface area (Å²) in [4.78, 5) is 16.5. The molecule has 2 heterocycles. The number of aliphatic hydroxyl groups is 1.